The van der Waals surface area contributed by atoms with E-state index in [2.05, 4.69) is 22.4 Å². The third-order valence-corrected chi connectivity index (χ3v) is 5.74. The van der Waals surface area contributed by atoms with Gasteiger partial charge in [0.15, 0.2) is 10.9 Å². The molecule has 0 radical (unpaired) electrons. The molecule has 3 aromatic carbocycles. The van der Waals surface area contributed by atoms with Gasteiger partial charge in [-0.15, -0.1) is 0 Å². The zero-order valence-corrected chi connectivity index (χ0v) is 17.3. The number of carbonyl (C=O) groups is 2. The van der Waals surface area contributed by atoms with Gasteiger partial charge in [-0.25, -0.2) is 4.98 Å². The van der Waals surface area contributed by atoms with E-state index in [4.69, 9.17) is 0 Å². The summed E-state index contributed by atoms with van der Waals surface area (Å²) in [5, 5.41) is 3.27. The van der Waals surface area contributed by atoms with E-state index in [1.54, 1.807) is 0 Å². The molecule has 0 unspecified atom stereocenters. The van der Waals surface area contributed by atoms with E-state index in [9.17, 15) is 9.59 Å². The average Bonchev–Trinajstić information content (AvgIpc) is 3.19. The molecule has 30 heavy (non-hydrogen) atoms. The Morgan fingerprint density at radius 2 is 1.37 bits per heavy atom. The fourth-order valence-electron chi connectivity index (χ4n) is 3.20. The van der Waals surface area contributed by atoms with Crippen LogP contribution in [0.15, 0.2) is 84.9 Å². The Morgan fingerprint density at radius 3 is 1.97 bits per heavy atom. The number of aromatic nitrogens is 1. The number of nitrogens with zero attached hydrogens (tertiary/aromatic N) is 1. The van der Waals surface area contributed by atoms with Crippen LogP contribution in [-0.2, 0) is 11.2 Å². The SMILES string of the molecule is CC(=O)c1sc(NC(=O)Cc2ccc(-c3ccccc3)cc2)nc1-c1ccccc1. The largest absolute Gasteiger partial charge is 0.302 e. The number of thiazole rings is 1. The fraction of sp³-hybridized carbons (Fsp3) is 0.0800. The second-order valence-electron chi connectivity index (χ2n) is 6.91. The van der Waals surface area contributed by atoms with Crippen molar-refractivity contribution < 1.29 is 9.59 Å². The monoisotopic (exact) mass is 412 g/mol. The van der Waals surface area contributed by atoms with Gasteiger partial charge in [-0.05, 0) is 16.7 Å². The zero-order chi connectivity index (χ0) is 20.9. The van der Waals surface area contributed by atoms with Crippen molar-refractivity contribution in [3.05, 3.63) is 95.4 Å². The molecule has 0 spiro atoms. The van der Waals surface area contributed by atoms with Crippen LogP contribution in [0, 0.1) is 0 Å². The van der Waals surface area contributed by atoms with Gasteiger partial charge in [-0.2, -0.15) is 0 Å². The minimum absolute atomic E-state index is 0.0663. The quantitative estimate of drug-likeness (QED) is 0.404. The molecule has 4 rings (SSSR count). The standard InChI is InChI=1S/C25H20N2O2S/c1-17(28)24-23(21-10-6-3-7-11-21)27-25(30-24)26-22(29)16-18-12-14-20(15-13-18)19-8-4-2-5-9-19/h2-15H,16H2,1H3,(H,26,27,29). The molecule has 0 aliphatic heterocycles. The third kappa shape index (κ3) is 4.53. The Balaban J connectivity index is 1.47. The summed E-state index contributed by atoms with van der Waals surface area (Å²) in [7, 11) is 0. The lowest BCUT2D eigenvalue weighted by molar-refractivity contribution is -0.115. The molecule has 148 valence electrons. The van der Waals surface area contributed by atoms with E-state index >= 15 is 0 Å². The highest BCUT2D eigenvalue weighted by atomic mass is 32.1. The number of hydrogen-bond acceptors (Lipinski definition) is 4. The minimum Gasteiger partial charge on any atom is -0.302 e. The van der Waals surface area contributed by atoms with E-state index in [1.807, 2.05) is 72.8 Å². The van der Waals surface area contributed by atoms with E-state index in [0.717, 1.165) is 22.3 Å². The van der Waals surface area contributed by atoms with E-state index in [0.29, 0.717) is 15.7 Å². The highest BCUT2D eigenvalue weighted by Gasteiger charge is 2.18. The highest BCUT2D eigenvalue weighted by Crippen LogP contribution is 2.31. The molecular formula is C25H20N2O2S. The molecule has 0 saturated heterocycles. The first-order valence-corrected chi connectivity index (χ1v) is 10.4. The molecule has 0 bridgehead atoms. The van der Waals surface area contributed by atoms with Crippen LogP contribution in [0.2, 0.25) is 0 Å². The molecule has 4 nitrogen and oxygen atoms in total. The number of rotatable bonds is 6. The predicted molar refractivity (Wildman–Crippen MR) is 122 cm³/mol. The summed E-state index contributed by atoms with van der Waals surface area (Å²) in [5.41, 5.74) is 4.63. The van der Waals surface area contributed by atoms with Gasteiger partial charge in [0.25, 0.3) is 0 Å². The molecule has 1 heterocycles. The maximum Gasteiger partial charge on any atom is 0.230 e. The maximum atomic E-state index is 12.5. The lowest BCUT2D eigenvalue weighted by atomic mass is 10.0. The zero-order valence-electron chi connectivity index (χ0n) is 16.5. The summed E-state index contributed by atoms with van der Waals surface area (Å²) in [6.07, 6.45) is 0.241. The van der Waals surface area contributed by atoms with Crippen molar-refractivity contribution in [2.24, 2.45) is 0 Å². The molecule has 1 amide bonds. The van der Waals surface area contributed by atoms with Crippen molar-refractivity contribution in [1.29, 1.82) is 0 Å². The molecule has 0 saturated carbocycles. The van der Waals surface area contributed by atoms with Crippen molar-refractivity contribution in [2.75, 3.05) is 5.32 Å². The molecule has 0 atom stereocenters. The Hall–Kier alpha value is -3.57. The topological polar surface area (TPSA) is 59.1 Å². The van der Waals surface area contributed by atoms with Gasteiger partial charge in [0.05, 0.1) is 17.0 Å². The van der Waals surface area contributed by atoms with E-state index in [-0.39, 0.29) is 18.1 Å². The summed E-state index contributed by atoms with van der Waals surface area (Å²) in [4.78, 5) is 29.6. The lowest BCUT2D eigenvalue weighted by Crippen LogP contribution is -2.14. The smallest absolute Gasteiger partial charge is 0.230 e. The Labute approximate surface area is 179 Å². The van der Waals surface area contributed by atoms with E-state index in [1.165, 1.54) is 18.3 Å². The van der Waals surface area contributed by atoms with Crippen LogP contribution in [-0.4, -0.2) is 16.7 Å². The Bertz CT molecular complexity index is 1170. The molecule has 0 aliphatic carbocycles. The predicted octanol–water partition coefficient (Wildman–Crippen LogP) is 5.86. The van der Waals surface area contributed by atoms with Crippen LogP contribution in [0.5, 0.6) is 0 Å². The molecule has 5 heteroatoms. The molecule has 0 fully saturated rings. The normalized spacial score (nSPS) is 10.6. The van der Waals surface area contributed by atoms with Crippen molar-refractivity contribution in [3.63, 3.8) is 0 Å². The van der Waals surface area contributed by atoms with Crippen molar-refractivity contribution >= 4 is 28.2 Å². The Morgan fingerprint density at radius 1 is 0.800 bits per heavy atom. The number of amides is 1. The van der Waals surface area contributed by atoms with Crippen LogP contribution < -0.4 is 5.32 Å². The minimum atomic E-state index is -0.161. The highest BCUT2D eigenvalue weighted by molar-refractivity contribution is 7.18. The van der Waals surface area contributed by atoms with Gasteiger partial charge >= 0.3 is 0 Å². The second-order valence-corrected chi connectivity index (χ2v) is 7.91. The van der Waals surface area contributed by atoms with Crippen molar-refractivity contribution in [1.82, 2.24) is 4.98 Å². The van der Waals surface area contributed by atoms with Crippen LogP contribution in [0.25, 0.3) is 22.4 Å². The summed E-state index contributed by atoms with van der Waals surface area (Å²) < 4.78 is 0. The van der Waals surface area contributed by atoms with Gasteiger partial charge in [0.2, 0.25) is 5.91 Å². The maximum absolute atomic E-state index is 12.5. The molecular weight excluding hydrogens is 392 g/mol. The molecule has 4 aromatic rings. The van der Waals surface area contributed by atoms with Gasteiger partial charge in [-0.1, -0.05) is 96.3 Å². The molecule has 0 aliphatic rings. The van der Waals surface area contributed by atoms with Gasteiger partial charge < -0.3 is 5.32 Å². The van der Waals surface area contributed by atoms with Crippen molar-refractivity contribution in [2.45, 2.75) is 13.3 Å². The summed E-state index contributed by atoms with van der Waals surface area (Å²) in [6, 6.07) is 27.6. The van der Waals surface area contributed by atoms with Crippen molar-refractivity contribution in [3.8, 4) is 22.4 Å². The first-order chi connectivity index (χ1) is 14.6. The van der Waals surface area contributed by atoms with E-state index < -0.39 is 0 Å². The average molecular weight is 413 g/mol. The fourth-order valence-corrected chi connectivity index (χ4v) is 4.10. The van der Waals surface area contributed by atoms with Gasteiger partial charge in [0.1, 0.15) is 0 Å². The lowest BCUT2D eigenvalue weighted by Gasteiger charge is -2.05. The number of nitrogens with one attached hydrogen (secondary N) is 1. The Kier molecular flexibility index (Phi) is 5.82. The molecule has 1 aromatic heterocycles. The van der Waals surface area contributed by atoms with Crippen LogP contribution in [0.4, 0.5) is 5.13 Å². The first kappa shape index (κ1) is 19.7. The van der Waals surface area contributed by atoms with Gasteiger partial charge in [-0.3, -0.25) is 9.59 Å². The number of Topliss-reactive ketones (excluding diaryl/α,β-unsaturated/α-hetero) is 1. The van der Waals surface area contributed by atoms with Crippen LogP contribution in [0.1, 0.15) is 22.2 Å². The summed E-state index contributed by atoms with van der Waals surface area (Å²) in [6.45, 7) is 1.51. The number of carbonyl (C=O) groups excluding carboxylic acids is 2. The number of ketones is 1. The third-order valence-electron chi connectivity index (χ3n) is 4.67. The second kappa shape index (κ2) is 8.84. The summed E-state index contributed by atoms with van der Waals surface area (Å²) in [5.74, 6) is -0.228. The number of benzene rings is 3. The molecule has 1 N–H and O–H groups in total. The van der Waals surface area contributed by atoms with Crippen LogP contribution >= 0.6 is 11.3 Å². The van der Waals surface area contributed by atoms with Crippen LogP contribution in [0.3, 0.4) is 0 Å². The number of hydrogen-bond donors (Lipinski definition) is 1. The van der Waals surface area contributed by atoms with Gasteiger partial charge in [0, 0.05) is 12.5 Å². The summed E-state index contributed by atoms with van der Waals surface area (Å²) >= 11 is 1.21. The number of anilines is 1. The first-order valence-electron chi connectivity index (χ1n) is 9.61.